The lowest BCUT2D eigenvalue weighted by molar-refractivity contribution is 0.0933. The van der Waals surface area contributed by atoms with Crippen LogP contribution in [0.2, 0.25) is 0 Å². The van der Waals surface area contributed by atoms with E-state index in [1.54, 1.807) is 7.11 Å². The normalized spacial score (nSPS) is 16.5. The van der Waals surface area contributed by atoms with E-state index in [1.807, 2.05) is 12.1 Å². The molecule has 1 amide bonds. The second-order valence-electron chi connectivity index (χ2n) is 5.55. The van der Waals surface area contributed by atoms with Gasteiger partial charge in [0, 0.05) is 13.7 Å². The number of methoxy groups -OCH3 is 1. The first-order chi connectivity index (χ1) is 10.5. The van der Waals surface area contributed by atoms with E-state index in [1.165, 1.54) is 0 Å². The van der Waals surface area contributed by atoms with Crippen LogP contribution < -0.4 is 10.1 Å². The Bertz CT molecular complexity index is 529. The lowest BCUT2D eigenvalue weighted by atomic mass is 9.96. The second-order valence-corrected chi connectivity index (χ2v) is 7.88. The molecule has 0 atom stereocenters. The van der Waals surface area contributed by atoms with Gasteiger partial charge in [-0.15, -0.1) is 0 Å². The number of benzene rings is 1. The van der Waals surface area contributed by atoms with Gasteiger partial charge >= 0.3 is 0 Å². The van der Waals surface area contributed by atoms with Gasteiger partial charge in [0.05, 0.1) is 12.7 Å². The maximum Gasteiger partial charge on any atom is 0.255 e. The highest BCUT2D eigenvalue weighted by atomic mass is 127. The third kappa shape index (κ3) is 4.70. The van der Waals surface area contributed by atoms with Gasteiger partial charge in [0.2, 0.25) is 0 Å². The lowest BCUT2D eigenvalue weighted by Gasteiger charge is -2.31. The number of carbonyl (C=O) groups excluding carboxylic acids is 1. The first kappa shape index (κ1) is 18.3. The van der Waals surface area contributed by atoms with Gasteiger partial charge in [0.15, 0.2) is 0 Å². The third-order valence-corrected chi connectivity index (χ3v) is 7.01. The Balaban J connectivity index is 1.94. The molecule has 0 bridgehead atoms. The molecular weight excluding hydrogens is 506 g/mol. The molecule has 0 saturated carbocycles. The van der Waals surface area contributed by atoms with E-state index < -0.39 is 0 Å². The van der Waals surface area contributed by atoms with Gasteiger partial charge in [-0.05, 0) is 95.7 Å². The van der Waals surface area contributed by atoms with E-state index in [9.17, 15) is 4.79 Å². The smallest absolute Gasteiger partial charge is 0.255 e. The number of halogens is 2. The first-order valence-electron chi connectivity index (χ1n) is 7.58. The summed E-state index contributed by atoms with van der Waals surface area (Å²) in [7, 11) is 1.61. The molecule has 1 heterocycles. The zero-order valence-electron chi connectivity index (χ0n) is 13.0. The lowest BCUT2D eigenvalue weighted by Crippen LogP contribution is -2.38. The zero-order chi connectivity index (χ0) is 16.1. The maximum atomic E-state index is 12.4. The highest BCUT2D eigenvalue weighted by Crippen LogP contribution is 2.26. The monoisotopic (exact) mass is 528 g/mol. The Morgan fingerprint density at radius 2 is 1.95 bits per heavy atom. The largest absolute Gasteiger partial charge is 0.496 e. The van der Waals surface area contributed by atoms with Gasteiger partial charge < -0.3 is 15.0 Å². The molecule has 1 aliphatic heterocycles. The topological polar surface area (TPSA) is 41.6 Å². The van der Waals surface area contributed by atoms with E-state index in [-0.39, 0.29) is 5.91 Å². The van der Waals surface area contributed by atoms with Crippen molar-refractivity contribution < 1.29 is 9.53 Å². The summed E-state index contributed by atoms with van der Waals surface area (Å²) in [5.41, 5.74) is 0.623. The van der Waals surface area contributed by atoms with Crippen LogP contribution >= 0.6 is 45.2 Å². The summed E-state index contributed by atoms with van der Waals surface area (Å²) < 4.78 is 7.51. The fraction of sp³-hybridized carbons (Fsp3) is 0.562. The number of rotatable bonds is 5. The molecule has 4 nitrogen and oxygen atoms in total. The van der Waals surface area contributed by atoms with Crippen LogP contribution in [0.3, 0.4) is 0 Å². The Labute approximate surface area is 159 Å². The molecule has 0 spiro atoms. The van der Waals surface area contributed by atoms with Crippen molar-refractivity contribution in [1.82, 2.24) is 10.2 Å². The van der Waals surface area contributed by atoms with Gasteiger partial charge in [0.1, 0.15) is 5.75 Å². The molecule has 122 valence electrons. The van der Waals surface area contributed by atoms with E-state index in [0.717, 1.165) is 46.2 Å². The number of nitrogens with one attached hydrogen (secondary N) is 1. The quantitative estimate of drug-likeness (QED) is 0.597. The fourth-order valence-corrected chi connectivity index (χ4v) is 3.62. The third-order valence-electron chi connectivity index (χ3n) is 4.19. The molecule has 1 saturated heterocycles. The van der Waals surface area contributed by atoms with Crippen molar-refractivity contribution in [3.8, 4) is 5.75 Å². The molecule has 1 aliphatic rings. The number of carbonyl (C=O) groups is 1. The fourth-order valence-electron chi connectivity index (χ4n) is 2.71. The molecule has 1 aromatic rings. The van der Waals surface area contributed by atoms with Crippen molar-refractivity contribution in [2.45, 2.75) is 19.8 Å². The summed E-state index contributed by atoms with van der Waals surface area (Å²) >= 11 is 4.50. The summed E-state index contributed by atoms with van der Waals surface area (Å²) in [6.45, 7) is 6.36. The Kier molecular flexibility index (Phi) is 7.20. The van der Waals surface area contributed by atoms with Crippen LogP contribution in [0.4, 0.5) is 0 Å². The molecule has 0 unspecified atom stereocenters. The number of amides is 1. The summed E-state index contributed by atoms with van der Waals surface area (Å²) in [5.74, 6) is 1.19. The number of hydrogen-bond acceptors (Lipinski definition) is 3. The minimum atomic E-state index is -0.0379. The van der Waals surface area contributed by atoms with Gasteiger partial charge in [-0.1, -0.05) is 6.92 Å². The molecule has 1 fully saturated rings. The zero-order valence-corrected chi connectivity index (χ0v) is 17.3. The van der Waals surface area contributed by atoms with Gasteiger partial charge in [-0.3, -0.25) is 4.79 Å². The first-order valence-corrected chi connectivity index (χ1v) is 9.74. The van der Waals surface area contributed by atoms with Crippen molar-refractivity contribution in [3.63, 3.8) is 0 Å². The molecule has 0 aliphatic carbocycles. The highest BCUT2D eigenvalue weighted by molar-refractivity contribution is 14.1. The van der Waals surface area contributed by atoms with Crippen LogP contribution in [0, 0.1) is 13.1 Å². The maximum absolute atomic E-state index is 12.4. The Morgan fingerprint density at radius 1 is 1.32 bits per heavy atom. The van der Waals surface area contributed by atoms with Crippen molar-refractivity contribution in [2.24, 2.45) is 5.92 Å². The van der Waals surface area contributed by atoms with Crippen molar-refractivity contribution in [1.29, 1.82) is 0 Å². The van der Waals surface area contributed by atoms with Crippen LogP contribution in [0.1, 0.15) is 30.1 Å². The SMILES string of the molecule is CCN1CCC(CNC(=O)c2cc(I)c(I)cc2OC)CC1. The highest BCUT2D eigenvalue weighted by Gasteiger charge is 2.20. The van der Waals surface area contributed by atoms with Crippen molar-refractivity contribution >= 4 is 51.1 Å². The van der Waals surface area contributed by atoms with Gasteiger partial charge in [-0.2, -0.15) is 0 Å². The Morgan fingerprint density at radius 3 is 2.55 bits per heavy atom. The second kappa shape index (κ2) is 8.68. The van der Waals surface area contributed by atoms with Gasteiger partial charge in [-0.25, -0.2) is 0 Å². The molecule has 22 heavy (non-hydrogen) atoms. The van der Waals surface area contributed by atoms with Crippen LogP contribution in [-0.2, 0) is 0 Å². The molecule has 2 rings (SSSR count). The summed E-state index contributed by atoms with van der Waals surface area (Å²) in [6.07, 6.45) is 2.32. The minimum absolute atomic E-state index is 0.0379. The number of hydrogen-bond donors (Lipinski definition) is 1. The number of likely N-dealkylation sites (tertiary alicyclic amines) is 1. The summed E-state index contributed by atoms with van der Waals surface area (Å²) in [4.78, 5) is 14.9. The van der Waals surface area contributed by atoms with E-state index in [4.69, 9.17) is 4.74 Å². The van der Waals surface area contributed by atoms with E-state index in [0.29, 0.717) is 17.2 Å². The van der Waals surface area contributed by atoms with Gasteiger partial charge in [0.25, 0.3) is 5.91 Å². The predicted molar refractivity (Wildman–Crippen MR) is 106 cm³/mol. The van der Waals surface area contributed by atoms with Crippen LogP contribution in [0.5, 0.6) is 5.75 Å². The molecule has 0 radical (unpaired) electrons. The van der Waals surface area contributed by atoms with E-state index >= 15 is 0 Å². The van der Waals surface area contributed by atoms with Crippen LogP contribution in [-0.4, -0.2) is 44.1 Å². The number of nitrogens with zero attached hydrogens (tertiary/aromatic N) is 1. The number of piperidine rings is 1. The molecule has 1 aromatic carbocycles. The predicted octanol–water partition coefficient (Wildman–Crippen LogP) is 3.37. The molecular formula is C16H22I2N2O2. The van der Waals surface area contributed by atoms with E-state index in [2.05, 4.69) is 62.3 Å². The van der Waals surface area contributed by atoms with Crippen molar-refractivity contribution in [2.75, 3.05) is 33.3 Å². The standard InChI is InChI=1S/C16H22I2N2O2/c1-3-20-6-4-11(5-7-20)10-19-16(21)12-8-13(17)14(18)9-15(12)22-2/h8-9,11H,3-7,10H2,1-2H3,(H,19,21). The average molecular weight is 528 g/mol. The van der Waals surface area contributed by atoms with Crippen LogP contribution in [0.15, 0.2) is 12.1 Å². The summed E-state index contributed by atoms with van der Waals surface area (Å²) in [5, 5.41) is 3.08. The number of ether oxygens (including phenoxy) is 1. The molecule has 1 N–H and O–H groups in total. The summed E-state index contributed by atoms with van der Waals surface area (Å²) in [6, 6.07) is 3.81. The van der Waals surface area contributed by atoms with Crippen LogP contribution in [0.25, 0.3) is 0 Å². The molecule has 6 heteroatoms. The Hall–Kier alpha value is -0.0900. The molecule has 0 aromatic heterocycles. The minimum Gasteiger partial charge on any atom is -0.496 e. The average Bonchev–Trinajstić information content (AvgIpc) is 2.55. The van der Waals surface area contributed by atoms with Crippen molar-refractivity contribution in [3.05, 3.63) is 24.8 Å².